The van der Waals surface area contributed by atoms with Gasteiger partial charge in [-0.3, -0.25) is 14.9 Å². The zero-order valence-electron chi connectivity index (χ0n) is 14.4. The molecule has 1 aliphatic carbocycles. The number of carbonyl (C=O) groups excluding carboxylic acids is 1. The molecule has 2 aromatic rings. The summed E-state index contributed by atoms with van der Waals surface area (Å²) in [5.41, 5.74) is -1.63. The van der Waals surface area contributed by atoms with Crippen LogP contribution in [0.15, 0.2) is 41.6 Å². The van der Waals surface area contributed by atoms with E-state index in [9.17, 15) is 22.8 Å². The van der Waals surface area contributed by atoms with Crippen molar-refractivity contribution in [1.82, 2.24) is 14.5 Å². The summed E-state index contributed by atoms with van der Waals surface area (Å²) >= 11 is 0. The van der Waals surface area contributed by atoms with Gasteiger partial charge in [0, 0.05) is 24.7 Å². The number of hydrogen-bond donors (Lipinski definition) is 1. The second-order valence-corrected chi connectivity index (χ2v) is 6.62. The van der Waals surface area contributed by atoms with Crippen LogP contribution in [0.25, 0.3) is 0 Å². The molecule has 0 spiro atoms. The molecule has 1 fully saturated rings. The third-order valence-electron chi connectivity index (χ3n) is 4.74. The smallest absolute Gasteiger partial charge is 0.302 e. The van der Waals surface area contributed by atoms with Crippen molar-refractivity contribution in [3.8, 4) is 0 Å². The van der Waals surface area contributed by atoms with E-state index in [0.717, 1.165) is 42.4 Å². The van der Waals surface area contributed by atoms with Gasteiger partial charge in [0.05, 0.1) is 5.56 Å². The molecule has 144 valence electrons. The van der Waals surface area contributed by atoms with Crippen molar-refractivity contribution in [2.75, 3.05) is 5.32 Å². The van der Waals surface area contributed by atoms with Gasteiger partial charge < -0.3 is 4.57 Å². The Morgan fingerprint density at radius 3 is 2.52 bits per heavy atom. The van der Waals surface area contributed by atoms with Crippen LogP contribution in [0.4, 0.5) is 19.1 Å². The lowest BCUT2D eigenvalue weighted by Gasteiger charge is -2.23. The number of halogens is 3. The third kappa shape index (κ3) is 4.72. The van der Waals surface area contributed by atoms with E-state index in [2.05, 4.69) is 15.3 Å². The van der Waals surface area contributed by atoms with Gasteiger partial charge in [0.2, 0.25) is 11.9 Å². The van der Waals surface area contributed by atoms with Crippen LogP contribution in [0.5, 0.6) is 0 Å². The van der Waals surface area contributed by atoms with Gasteiger partial charge in [-0.2, -0.15) is 13.2 Å². The van der Waals surface area contributed by atoms with Gasteiger partial charge in [0.25, 0.3) is 5.56 Å². The van der Waals surface area contributed by atoms with E-state index in [0.29, 0.717) is 12.6 Å². The van der Waals surface area contributed by atoms with Crippen LogP contribution in [-0.4, -0.2) is 20.4 Å². The first-order valence-electron chi connectivity index (χ1n) is 8.72. The molecule has 1 unspecified atom stereocenters. The van der Waals surface area contributed by atoms with Crippen molar-refractivity contribution in [3.63, 3.8) is 0 Å². The first-order chi connectivity index (χ1) is 12.8. The Morgan fingerprint density at radius 2 is 1.89 bits per heavy atom. The Morgan fingerprint density at radius 1 is 1.22 bits per heavy atom. The second-order valence-electron chi connectivity index (χ2n) is 6.62. The summed E-state index contributed by atoms with van der Waals surface area (Å²) in [4.78, 5) is 32.8. The summed E-state index contributed by atoms with van der Waals surface area (Å²) in [7, 11) is 0. The average molecular weight is 380 g/mol. The maximum atomic E-state index is 13.1. The molecule has 27 heavy (non-hydrogen) atoms. The van der Waals surface area contributed by atoms with Gasteiger partial charge in [-0.25, -0.2) is 9.97 Å². The molecule has 1 saturated carbocycles. The van der Waals surface area contributed by atoms with Crippen LogP contribution in [0, 0.1) is 5.92 Å². The molecule has 1 aliphatic rings. The molecule has 0 bridgehead atoms. The molecule has 1 amide bonds. The highest BCUT2D eigenvalue weighted by molar-refractivity contribution is 5.92. The fraction of sp³-hybridized carbons (Fsp3) is 0.444. The summed E-state index contributed by atoms with van der Waals surface area (Å²) in [6.45, 7) is 0. The Kier molecular flexibility index (Phi) is 5.57. The number of carbonyl (C=O) groups is 1. The second kappa shape index (κ2) is 7.89. The molecule has 6 nitrogen and oxygen atoms in total. The summed E-state index contributed by atoms with van der Waals surface area (Å²) in [6, 6.07) is 2.08. The normalized spacial score (nSPS) is 16.3. The Balaban J connectivity index is 1.94. The minimum absolute atomic E-state index is 0.0407. The van der Waals surface area contributed by atoms with Gasteiger partial charge in [-0.05, 0) is 24.5 Å². The van der Waals surface area contributed by atoms with E-state index in [-0.39, 0.29) is 11.9 Å². The number of nitrogens with one attached hydrogen (secondary N) is 1. The van der Waals surface area contributed by atoms with E-state index in [1.54, 1.807) is 6.07 Å². The van der Waals surface area contributed by atoms with Crippen molar-refractivity contribution in [2.24, 2.45) is 5.92 Å². The fourth-order valence-corrected chi connectivity index (χ4v) is 3.38. The molecule has 0 aromatic carbocycles. The molecular weight excluding hydrogens is 361 g/mol. The van der Waals surface area contributed by atoms with Crippen molar-refractivity contribution < 1.29 is 18.0 Å². The number of alkyl halides is 3. The predicted octanol–water partition coefficient (Wildman–Crippen LogP) is 3.42. The van der Waals surface area contributed by atoms with Crippen LogP contribution < -0.4 is 10.9 Å². The van der Waals surface area contributed by atoms with Crippen molar-refractivity contribution in [2.45, 2.75) is 44.3 Å². The van der Waals surface area contributed by atoms with E-state index in [4.69, 9.17) is 0 Å². The Hall–Kier alpha value is -2.71. The van der Waals surface area contributed by atoms with E-state index in [1.807, 2.05) is 0 Å². The number of hydrogen-bond acceptors (Lipinski definition) is 4. The molecule has 1 atom stereocenters. The van der Waals surface area contributed by atoms with Gasteiger partial charge in [0.15, 0.2) is 0 Å². The maximum absolute atomic E-state index is 13.1. The zero-order valence-corrected chi connectivity index (χ0v) is 14.4. The lowest BCUT2D eigenvalue weighted by Crippen LogP contribution is -2.35. The van der Waals surface area contributed by atoms with Crippen molar-refractivity contribution in [3.05, 3.63) is 52.7 Å². The van der Waals surface area contributed by atoms with Gasteiger partial charge in [-0.15, -0.1) is 0 Å². The molecule has 1 N–H and O–H groups in total. The van der Waals surface area contributed by atoms with Gasteiger partial charge in [-0.1, -0.05) is 25.7 Å². The molecule has 0 saturated heterocycles. The topological polar surface area (TPSA) is 76.9 Å². The fourth-order valence-electron chi connectivity index (χ4n) is 3.38. The van der Waals surface area contributed by atoms with Crippen LogP contribution in [-0.2, 0) is 11.0 Å². The van der Waals surface area contributed by atoms with Crippen LogP contribution in [0.1, 0.15) is 43.7 Å². The minimum atomic E-state index is -4.60. The van der Waals surface area contributed by atoms with Crippen molar-refractivity contribution >= 4 is 11.9 Å². The standard InChI is InChI=1S/C18H19F3N4O2/c19-18(20,21)13-6-7-15(26)25(11-13)14(10-12-4-1-2-5-12)16(27)24-17-22-8-3-9-23-17/h3,6-9,11-12,14H,1-2,4-5,10H2,(H,22,23,24,27). The summed E-state index contributed by atoms with van der Waals surface area (Å²) < 4.78 is 40.1. The lowest BCUT2D eigenvalue weighted by molar-refractivity contribution is -0.138. The largest absolute Gasteiger partial charge is 0.417 e. The number of aromatic nitrogens is 3. The molecule has 3 rings (SSSR count). The van der Waals surface area contributed by atoms with Crippen LogP contribution in [0.3, 0.4) is 0 Å². The van der Waals surface area contributed by atoms with Crippen LogP contribution >= 0.6 is 0 Å². The average Bonchev–Trinajstić information content (AvgIpc) is 3.13. The molecule has 2 aromatic heterocycles. The van der Waals surface area contributed by atoms with E-state index < -0.39 is 29.2 Å². The highest BCUT2D eigenvalue weighted by Crippen LogP contribution is 2.33. The first-order valence-corrected chi connectivity index (χ1v) is 8.72. The summed E-state index contributed by atoms with van der Waals surface area (Å²) in [5.74, 6) is -0.382. The lowest BCUT2D eigenvalue weighted by atomic mass is 9.97. The number of anilines is 1. The van der Waals surface area contributed by atoms with E-state index in [1.165, 1.54) is 12.4 Å². The highest BCUT2D eigenvalue weighted by atomic mass is 19.4. The number of rotatable bonds is 5. The summed E-state index contributed by atoms with van der Waals surface area (Å²) in [5, 5.41) is 2.50. The monoisotopic (exact) mass is 380 g/mol. The first kappa shape index (κ1) is 19.1. The molecule has 0 radical (unpaired) electrons. The number of amides is 1. The van der Waals surface area contributed by atoms with E-state index >= 15 is 0 Å². The molecule has 9 heteroatoms. The molecule has 0 aliphatic heterocycles. The van der Waals surface area contributed by atoms with Gasteiger partial charge >= 0.3 is 6.18 Å². The van der Waals surface area contributed by atoms with Gasteiger partial charge in [0.1, 0.15) is 6.04 Å². The predicted molar refractivity (Wildman–Crippen MR) is 92.0 cm³/mol. The third-order valence-corrected chi connectivity index (χ3v) is 4.74. The highest BCUT2D eigenvalue weighted by Gasteiger charge is 2.33. The SMILES string of the molecule is O=C(Nc1ncccn1)C(CC1CCCC1)n1cc(C(F)(F)F)ccc1=O. The number of pyridine rings is 1. The Labute approximate surface area is 153 Å². The number of nitrogens with zero attached hydrogens (tertiary/aromatic N) is 3. The minimum Gasteiger partial charge on any atom is -0.302 e. The zero-order chi connectivity index (χ0) is 19.4. The molecular formula is C18H19F3N4O2. The Bertz CT molecular complexity index is 846. The van der Waals surface area contributed by atoms with Crippen molar-refractivity contribution in [1.29, 1.82) is 0 Å². The maximum Gasteiger partial charge on any atom is 0.417 e. The summed E-state index contributed by atoms with van der Waals surface area (Å²) in [6.07, 6.45) is 3.07. The molecule has 2 heterocycles. The van der Waals surface area contributed by atoms with Crippen LogP contribution in [0.2, 0.25) is 0 Å². The quantitative estimate of drug-likeness (QED) is 0.862.